The Kier molecular flexibility index (Phi) is 4.76. The summed E-state index contributed by atoms with van der Waals surface area (Å²) in [6.07, 6.45) is 10.4. The zero-order valence-corrected chi connectivity index (χ0v) is 12.9. The fourth-order valence-electron chi connectivity index (χ4n) is 3.45. The lowest BCUT2D eigenvalue weighted by atomic mass is 9.80. The monoisotopic (exact) mass is 283 g/mol. The van der Waals surface area contributed by atoms with Gasteiger partial charge in [-0.3, -0.25) is 0 Å². The van der Waals surface area contributed by atoms with Crippen molar-refractivity contribution in [3.05, 3.63) is 54.1 Å². The van der Waals surface area contributed by atoms with Crippen molar-refractivity contribution in [3.8, 4) is 0 Å². The van der Waals surface area contributed by atoms with Crippen LogP contribution >= 0.6 is 0 Å². The molecular weight excluding hydrogens is 258 g/mol. The Morgan fingerprint density at radius 3 is 2.90 bits per heavy atom. The number of fused-ring (bicyclic) bond motifs is 1. The topological polar surface area (TPSA) is 12.5 Å². The van der Waals surface area contributed by atoms with E-state index in [1.807, 2.05) is 0 Å². The van der Waals surface area contributed by atoms with Gasteiger partial charge in [0.2, 0.25) is 0 Å². The summed E-state index contributed by atoms with van der Waals surface area (Å²) in [4.78, 5) is 2.52. The molecule has 2 heteroatoms. The van der Waals surface area contributed by atoms with Crippen LogP contribution in [-0.4, -0.2) is 25.8 Å². The summed E-state index contributed by atoms with van der Waals surface area (Å²) >= 11 is 0. The number of anilines is 1. The lowest BCUT2D eigenvalue weighted by Crippen LogP contribution is -2.47. The average Bonchev–Trinajstić information content (AvgIpc) is 2.56. The van der Waals surface area contributed by atoms with E-state index >= 15 is 0 Å². The summed E-state index contributed by atoms with van der Waals surface area (Å²) in [5.41, 5.74) is 2.88. The Balaban J connectivity index is 1.83. The molecule has 2 unspecified atom stereocenters. The fourth-order valence-corrected chi connectivity index (χ4v) is 3.45. The molecule has 0 bridgehead atoms. The molecule has 1 aromatic carbocycles. The van der Waals surface area contributed by atoms with Crippen molar-refractivity contribution in [3.63, 3.8) is 0 Å². The van der Waals surface area contributed by atoms with Crippen molar-refractivity contribution in [2.45, 2.75) is 32.2 Å². The number of piperidine rings is 1. The van der Waals surface area contributed by atoms with Crippen LogP contribution in [0.15, 0.2) is 54.1 Å². The molecule has 1 aliphatic carbocycles. The van der Waals surface area contributed by atoms with Gasteiger partial charge in [-0.05, 0) is 42.9 Å². The van der Waals surface area contributed by atoms with E-state index in [1.54, 1.807) is 5.57 Å². The first-order valence-corrected chi connectivity index (χ1v) is 8.16. The van der Waals surface area contributed by atoms with Crippen LogP contribution in [-0.2, 0) is 4.74 Å². The summed E-state index contributed by atoms with van der Waals surface area (Å²) in [7, 11) is 0. The van der Waals surface area contributed by atoms with Crippen molar-refractivity contribution in [2.24, 2.45) is 5.92 Å². The normalized spacial score (nSPS) is 24.6. The molecule has 1 aliphatic heterocycles. The molecule has 2 nitrogen and oxygen atoms in total. The maximum absolute atomic E-state index is 5.92. The number of ether oxygens (including phenoxy) is 1. The van der Waals surface area contributed by atoms with Gasteiger partial charge in [0.1, 0.15) is 0 Å². The Labute approximate surface area is 128 Å². The van der Waals surface area contributed by atoms with Gasteiger partial charge in [0, 0.05) is 18.8 Å². The molecule has 21 heavy (non-hydrogen) atoms. The first-order chi connectivity index (χ1) is 10.4. The number of benzene rings is 1. The standard InChI is InChI=1S/C19H25NO/c1-2-14-21-15-19-18-11-7-6-8-16(18)12-13-20(19)17-9-4-3-5-10-17/h3-7,9-11,16,19H,2,8,12-15H2,1H3. The van der Waals surface area contributed by atoms with Crippen LogP contribution in [0.1, 0.15) is 26.2 Å². The van der Waals surface area contributed by atoms with Crippen LogP contribution in [0, 0.1) is 5.92 Å². The van der Waals surface area contributed by atoms with Crippen LogP contribution < -0.4 is 4.90 Å². The molecular formula is C19H25NO. The van der Waals surface area contributed by atoms with Crippen molar-refractivity contribution >= 4 is 5.69 Å². The lowest BCUT2D eigenvalue weighted by molar-refractivity contribution is 0.120. The zero-order chi connectivity index (χ0) is 14.5. The van der Waals surface area contributed by atoms with Crippen LogP contribution in [0.25, 0.3) is 0 Å². The Morgan fingerprint density at radius 1 is 1.24 bits per heavy atom. The van der Waals surface area contributed by atoms with Gasteiger partial charge in [0.05, 0.1) is 12.6 Å². The van der Waals surface area contributed by atoms with E-state index in [9.17, 15) is 0 Å². The predicted octanol–water partition coefficient (Wildman–Crippen LogP) is 4.19. The molecule has 112 valence electrons. The second kappa shape index (κ2) is 6.95. The number of para-hydroxylation sites is 1. The molecule has 0 radical (unpaired) electrons. The van der Waals surface area contributed by atoms with E-state index in [0.717, 1.165) is 26.2 Å². The van der Waals surface area contributed by atoms with E-state index in [4.69, 9.17) is 4.74 Å². The summed E-state index contributed by atoms with van der Waals surface area (Å²) < 4.78 is 5.92. The molecule has 0 saturated carbocycles. The summed E-state index contributed by atoms with van der Waals surface area (Å²) in [6, 6.07) is 11.2. The van der Waals surface area contributed by atoms with Gasteiger partial charge in [-0.15, -0.1) is 0 Å². The minimum atomic E-state index is 0.391. The second-order valence-electron chi connectivity index (χ2n) is 5.94. The van der Waals surface area contributed by atoms with Crippen LogP contribution in [0.5, 0.6) is 0 Å². The van der Waals surface area contributed by atoms with E-state index < -0.39 is 0 Å². The molecule has 2 aliphatic rings. The van der Waals surface area contributed by atoms with Gasteiger partial charge in [-0.1, -0.05) is 43.4 Å². The van der Waals surface area contributed by atoms with Crippen LogP contribution in [0.3, 0.4) is 0 Å². The zero-order valence-electron chi connectivity index (χ0n) is 12.9. The van der Waals surface area contributed by atoms with Crippen molar-refractivity contribution < 1.29 is 4.74 Å². The highest BCUT2D eigenvalue weighted by Gasteiger charge is 2.33. The summed E-state index contributed by atoms with van der Waals surface area (Å²) in [5, 5.41) is 0. The minimum absolute atomic E-state index is 0.391. The molecule has 1 fully saturated rings. The molecule has 0 aromatic heterocycles. The number of nitrogens with zero attached hydrogens (tertiary/aromatic N) is 1. The van der Waals surface area contributed by atoms with E-state index in [2.05, 4.69) is 60.4 Å². The third-order valence-corrected chi connectivity index (χ3v) is 4.51. The average molecular weight is 283 g/mol. The number of allylic oxidation sites excluding steroid dienone is 3. The highest BCUT2D eigenvalue weighted by Crippen LogP contribution is 2.36. The Bertz CT molecular complexity index is 506. The first kappa shape index (κ1) is 14.4. The number of hydrogen-bond donors (Lipinski definition) is 0. The van der Waals surface area contributed by atoms with Gasteiger partial charge in [-0.25, -0.2) is 0 Å². The van der Waals surface area contributed by atoms with Crippen molar-refractivity contribution in [1.29, 1.82) is 0 Å². The smallest absolute Gasteiger partial charge is 0.0742 e. The number of rotatable bonds is 5. The van der Waals surface area contributed by atoms with E-state index in [0.29, 0.717) is 12.0 Å². The number of hydrogen-bond acceptors (Lipinski definition) is 2. The Hall–Kier alpha value is -1.54. The molecule has 1 aromatic rings. The van der Waals surface area contributed by atoms with Gasteiger partial charge >= 0.3 is 0 Å². The third-order valence-electron chi connectivity index (χ3n) is 4.51. The molecule has 0 N–H and O–H groups in total. The molecule has 0 spiro atoms. The molecule has 3 rings (SSSR count). The van der Waals surface area contributed by atoms with Gasteiger partial charge in [0.25, 0.3) is 0 Å². The minimum Gasteiger partial charge on any atom is -0.379 e. The van der Waals surface area contributed by atoms with Crippen molar-refractivity contribution in [1.82, 2.24) is 0 Å². The lowest BCUT2D eigenvalue weighted by Gasteiger charge is -2.43. The SMILES string of the molecule is CCCOCC1C2=CC=CCC2CCN1c1ccccc1. The predicted molar refractivity (Wildman–Crippen MR) is 88.6 cm³/mol. The quantitative estimate of drug-likeness (QED) is 0.751. The van der Waals surface area contributed by atoms with E-state index in [1.165, 1.54) is 18.5 Å². The maximum Gasteiger partial charge on any atom is 0.0742 e. The van der Waals surface area contributed by atoms with Gasteiger partial charge < -0.3 is 9.64 Å². The third kappa shape index (κ3) is 3.21. The summed E-state index contributed by atoms with van der Waals surface area (Å²) in [6.45, 7) is 4.95. The highest BCUT2D eigenvalue weighted by molar-refractivity contribution is 5.51. The molecule has 1 saturated heterocycles. The largest absolute Gasteiger partial charge is 0.379 e. The fraction of sp³-hybridized carbons (Fsp3) is 0.474. The maximum atomic E-state index is 5.92. The molecule has 0 amide bonds. The van der Waals surface area contributed by atoms with E-state index in [-0.39, 0.29) is 0 Å². The summed E-state index contributed by atoms with van der Waals surface area (Å²) in [5.74, 6) is 0.713. The second-order valence-corrected chi connectivity index (χ2v) is 5.94. The molecule has 1 heterocycles. The van der Waals surface area contributed by atoms with Crippen molar-refractivity contribution in [2.75, 3.05) is 24.7 Å². The Morgan fingerprint density at radius 2 is 2.10 bits per heavy atom. The van der Waals surface area contributed by atoms with Crippen LogP contribution in [0.2, 0.25) is 0 Å². The molecule has 2 atom stereocenters. The van der Waals surface area contributed by atoms with Crippen LogP contribution in [0.4, 0.5) is 5.69 Å². The first-order valence-electron chi connectivity index (χ1n) is 8.16. The highest BCUT2D eigenvalue weighted by atomic mass is 16.5. The van der Waals surface area contributed by atoms with Gasteiger partial charge in [0.15, 0.2) is 0 Å². The van der Waals surface area contributed by atoms with Gasteiger partial charge in [-0.2, -0.15) is 0 Å².